The molecular weight excluding hydrogens is 474 g/mol. The number of aromatic nitrogens is 1. The van der Waals surface area contributed by atoms with Crippen molar-refractivity contribution in [3.8, 4) is 11.1 Å². The van der Waals surface area contributed by atoms with Crippen LogP contribution in [-0.2, 0) is 0 Å². The lowest BCUT2D eigenvalue weighted by molar-refractivity contribution is 1.10. The highest BCUT2D eigenvalue weighted by Crippen LogP contribution is 2.37. The first-order chi connectivity index (χ1) is 19.2. The zero-order chi connectivity index (χ0) is 26.5. The van der Waals surface area contributed by atoms with E-state index in [1.165, 1.54) is 32.3 Å². The second-order valence-corrected chi connectivity index (χ2v) is 9.84. The van der Waals surface area contributed by atoms with Crippen LogP contribution in [-0.4, -0.2) is 4.57 Å². The van der Waals surface area contributed by atoms with Gasteiger partial charge in [-0.2, -0.15) is 0 Å². The van der Waals surface area contributed by atoms with Crippen molar-refractivity contribution in [3.05, 3.63) is 151 Å². The average molecular weight is 500 g/mol. The van der Waals surface area contributed by atoms with E-state index < -0.39 is 0 Å². The molecule has 184 valence electrons. The maximum atomic E-state index is 13.8. The van der Waals surface area contributed by atoms with Crippen molar-refractivity contribution < 1.29 is 0 Å². The fraction of sp³-hybridized carbons (Fsp3) is 0. The number of benzene rings is 6. The van der Waals surface area contributed by atoms with E-state index in [0.717, 1.165) is 27.4 Å². The molecule has 0 N–H and O–H groups in total. The van der Waals surface area contributed by atoms with E-state index in [0.29, 0.717) is 11.1 Å². The summed E-state index contributed by atoms with van der Waals surface area (Å²) in [4.78, 5) is 13.8. The van der Waals surface area contributed by atoms with Crippen LogP contribution in [0.4, 0.5) is 0 Å². The number of fused-ring (bicyclic) bond motifs is 7. The smallest absolute Gasteiger partial charge is 0.263 e. The maximum Gasteiger partial charge on any atom is 0.263 e. The van der Waals surface area contributed by atoms with Gasteiger partial charge in [-0.25, -0.2) is 0 Å². The lowest BCUT2D eigenvalue weighted by atomic mass is 9.92. The first kappa shape index (κ1) is 22.9. The Morgan fingerprint density at radius 1 is 0.590 bits per heavy atom. The van der Waals surface area contributed by atoms with Crippen LogP contribution < -0.4 is 5.56 Å². The summed E-state index contributed by atoms with van der Waals surface area (Å²) in [5.74, 6) is 0. The van der Waals surface area contributed by atoms with E-state index in [1.807, 2.05) is 30.3 Å². The molecule has 1 heterocycles. The van der Waals surface area contributed by atoms with Crippen LogP contribution in [0.1, 0.15) is 0 Å². The minimum atomic E-state index is -0.0703. The number of allylic oxidation sites excluding steroid dienone is 4. The van der Waals surface area contributed by atoms with Crippen molar-refractivity contribution in [1.82, 2.24) is 4.57 Å². The van der Waals surface area contributed by atoms with Gasteiger partial charge in [0.15, 0.2) is 0 Å². The number of hydrogen-bond acceptors (Lipinski definition) is 1. The predicted octanol–water partition coefficient (Wildman–Crippen LogP) is 9.49. The molecule has 0 bridgehead atoms. The van der Waals surface area contributed by atoms with Gasteiger partial charge in [0.1, 0.15) is 0 Å². The molecule has 0 aliphatic heterocycles. The first-order valence-corrected chi connectivity index (χ1v) is 13.1. The highest BCUT2D eigenvalue weighted by molar-refractivity contribution is 6.16. The Morgan fingerprint density at radius 3 is 2.08 bits per heavy atom. The van der Waals surface area contributed by atoms with E-state index in [4.69, 9.17) is 0 Å². The topological polar surface area (TPSA) is 22.0 Å². The molecule has 0 fully saturated rings. The minimum absolute atomic E-state index is 0.0703. The van der Waals surface area contributed by atoms with Crippen molar-refractivity contribution >= 4 is 59.7 Å². The third kappa shape index (κ3) is 3.53. The van der Waals surface area contributed by atoms with Gasteiger partial charge < -0.3 is 0 Å². The van der Waals surface area contributed by atoms with E-state index in [9.17, 15) is 4.79 Å². The molecule has 0 aliphatic rings. The molecule has 7 rings (SSSR count). The summed E-state index contributed by atoms with van der Waals surface area (Å²) in [5, 5.41) is 9.97. The van der Waals surface area contributed by atoms with Crippen LogP contribution in [0.3, 0.4) is 0 Å². The zero-order valence-corrected chi connectivity index (χ0v) is 21.4. The average Bonchev–Trinajstić information content (AvgIpc) is 2.99. The molecule has 1 aromatic heterocycles. The monoisotopic (exact) mass is 499 g/mol. The Balaban J connectivity index is 1.55. The van der Waals surface area contributed by atoms with E-state index in [-0.39, 0.29) is 5.56 Å². The number of hydrogen-bond donors (Lipinski definition) is 0. The van der Waals surface area contributed by atoms with Crippen molar-refractivity contribution in [2.24, 2.45) is 0 Å². The van der Waals surface area contributed by atoms with Crippen LogP contribution >= 0.6 is 0 Å². The van der Waals surface area contributed by atoms with Crippen LogP contribution in [0.5, 0.6) is 0 Å². The van der Waals surface area contributed by atoms with Crippen LogP contribution in [0.15, 0.2) is 145 Å². The number of nitrogens with zero attached hydrogens (tertiary/aromatic N) is 1. The molecule has 0 saturated heterocycles. The summed E-state index contributed by atoms with van der Waals surface area (Å²) in [5.41, 5.74) is 3.65. The van der Waals surface area contributed by atoms with Crippen molar-refractivity contribution in [2.75, 3.05) is 0 Å². The summed E-state index contributed by atoms with van der Waals surface area (Å²) < 4.78 is 1.75. The second kappa shape index (κ2) is 8.97. The quantitative estimate of drug-likeness (QED) is 0.134. The highest BCUT2D eigenvalue weighted by atomic mass is 16.1. The summed E-state index contributed by atoms with van der Waals surface area (Å²) in [6, 6.07) is 38.1. The predicted molar refractivity (Wildman–Crippen MR) is 168 cm³/mol. The standard InChI is InChI=1S/C37H25NO/c1-3-10-28(4-2)38-36-23-27(18-20-33(36)31-13-7-8-14-34(31)37(38)39)29-15-9-16-30-32(29)19-17-26-21-24-11-5-6-12-25(24)22-35(26)30/h3-23H,1-2H2/b28-10+. The highest BCUT2D eigenvalue weighted by Gasteiger charge is 2.15. The number of rotatable bonds is 4. The minimum Gasteiger partial charge on any atom is -0.276 e. The molecule has 2 nitrogen and oxygen atoms in total. The Labute approximate surface area is 226 Å². The third-order valence-corrected chi connectivity index (χ3v) is 7.70. The fourth-order valence-corrected chi connectivity index (χ4v) is 5.89. The van der Waals surface area contributed by atoms with Crippen molar-refractivity contribution in [2.45, 2.75) is 0 Å². The van der Waals surface area contributed by atoms with Crippen molar-refractivity contribution in [3.63, 3.8) is 0 Å². The SMILES string of the molecule is C=C/C=C(\C=C)n1c(=O)c2ccccc2c2ccc(-c3cccc4c3ccc3cc5ccccc5cc34)cc21. The van der Waals surface area contributed by atoms with E-state index >= 15 is 0 Å². The third-order valence-electron chi connectivity index (χ3n) is 7.70. The summed E-state index contributed by atoms with van der Waals surface area (Å²) in [6.07, 6.45) is 5.22. The van der Waals surface area contributed by atoms with Gasteiger partial charge in [-0.05, 0) is 85.2 Å². The molecule has 0 spiro atoms. The van der Waals surface area contributed by atoms with E-state index in [1.54, 1.807) is 16.7 Å². The Kier molecular flexibility index (Phi) is 5.28. The van der Waals surface area contributed by atoms with Crippen LogP contribution in [0, 0.1) is 0 Å². The molecule has 0 amide bonds. The molecule has 0 unspecified atom stereocenters. The van der Waals surface area contributed by atoms with E-state index in [2.05, 4.69) is 98.1 Å². The lowest BCUT2D eigenvalue weighted by Gasteiger charge is -2.16. The summed E-state index contributed by atoms with van der Waals surface area (Å²) >= 11 is 0. The molecule has 7 aromatic rings. The molecule has 6 aromatic carbocycles. The normalized spacial score (nSPS) is 12.1. The van der Waals surface area contributed by atoms with Gasteiger partial charge in [0, 0.05) is 16.5 Å². The molecule has 0 aliphatic carbocycles. The van der Waals surface area contributed by atoms with Gasteiger partial charge >= 0.3 is 0 Å². The largest absolute Gasteiger partial charge is 0.276 e. The summed E-state index contributed by atoms with van der Waals surface area (Å²) in [6.45, 7) is 7.83. The molecular formula is C37H25NO. The molecule has 0 saturated carbocycles. The summed E-state index contributed by atoms with van der Waals surface area (Å²) in [7, 11) is 0. The fourth-order valence-electron chi connectivity index (χ4n) is 5.89. The van der Waals surface area contributed by atoms with Gasteiger partial charge in [-0.15, -0.1) is 0 Å². The Morgan fingerprint density at radius 2 is 1.28 bits per heavy atom. The Bertz CT molecular complexity index is 2230. The second-order valence-electron chi connectivity index (χ2n) is 9.84. The lowest BCUT2D eigenvalue weighted by Crippen LogP contribution is -2.19. The first-order valence-electron chi connectivity index (χ1n) is 13.1. The van der Waals surface area contributed by atoms with Gasteiger partial charge in [0.25, 0.3) is 5.56 Å². The van der Waals surface area contributed by atoms with Gasteiger partial charge in [0.2, 0.25) is 0 Å². The molecule has 0 radical (unpaired) electrons. The molecule has 39 heavy (non-hydrogen) atoms. The van der Waals surface area contributed by atoms with Gasteiger partial charge in [-0.3, -0.25) is 9.36 Å². The van der Waals surface area contributed by atoms with Crippen molar-refractivity contribution in [1.29, 1.82) is 0 Å². The van der Waals surface area contributed by atoms with Crippen LogP contribution in [0.25, 0.3) is 70.8 Å². The van der Waals surface area contributed by atoms with Gasteiger partial charge in [0.05, 0.1) is 5.52 Å². The number of pyridine rings is 1. The van der Waals surface area contributed by atoms with Gasteiger partial charge in [-0.1, -0.05) is 104 Å². The molecule has 2 heteroatoms. The molecule has 0 atom stereocenters. The Hall–Kier alpha value is -5.21. The van der Waals surface area contributed by atoms with Crippen LogP contribution in [0.2, 0.25) is 0 Å². The maximum absolute atomic E-state index is 13.8. The zero-order valence-electron chi connectivity index (χ0n) is 21.4.